The number of aromatic nitrogens is 1. The van der Waals surface area contributed by atoms with Crippen molar-refractivity contribution in [1.82, 2.24) is 9.88 Å². The first-order chi connectivity index (χ1) is 19.4. The summed E-state index contributed by atoms with van der Waals surface area (Å²) in [5.74, 6) is 0.986. The number of non-ortho nitro benzene ring substituents is 1. The summed E-state index contributed by atoms with van der Waals surface area (Å²) >= 11 is 4.84. The van der Waals surface area contributed by atoms with Crippen LogP contribution in [0.15, 0.2) is 81.2 Å². The van der Waals surface area contributed by atoms with Crippen LogP contribution in [0.4, 0.5) is 11.4 Å². The summed E-state index contributed by atoms with van der Waals surface area (Å²) in [5.41, 5.74) is 3.39. The molecule has 0 radical (unpaired) electrons. The van der Waals surface area contributed by atoms with Crippen molar-refractivity contribution in [3.63, 3.8) is 0 Å². The minimum Gasteiger partial charge on any atom is -0.493 e. The topological polar surface area (TPSA) is 110 Å². The minimum atomic E-state index is -0.456. The maximum absolute atomic E-state index is 13.7. The molecule has 0 bridgehead atoms. The molecule has 11 heteroatoms. The van der Waals surface area contributed by atoms with E-state index in [1.165, 1.54) is 23.9 Å². The first kappa shape index (κ1) is 27.5. The summed E-state index contributed by atoms with van der Waals surface area (Å²) in [6, 6.07) is 17.6. The van der Waals surface area contributed by atoms with Gasteiger partial charge in [0.2, 0.25) is 0 Å². The summed E-state index contributed by atoms with van der Waals surface area (Å²) in [4.78, 5) is 34.5. The first-order valence-corrected chi connectivity index (χ1v) is 14.1. The molecule has 0 spiro atoms. The van der Waals surface area contributed by atoms with Crippen LogP contribution in [-0.4, -0.2) is 46.1 Å². The van der Waals surface area contributed by atoms with Crippen LogP contribution >= 0.6 is 27.7 Å². The molecule has 1 amide bonds. The molecule has 1 fully saturated rings. The van der Waals surface area contributed by atoms with Crippen molar-refractivity contribution < 1.29 is 19.2 Å². The third-order valence-electron chi connectivity index (χ3n) is 6.32. The van der Waals surface area contributed by atoms with Crippen LogP contribution in [0.5, 0.6) is 11.5 Å². The number of carbonyl (C=O) groups excluding carboxylic acids is 1. The zero-order valence-electron chi connectivity index (χ0n) is 21.7. The average Bonchev–Trinajstić information content (AvgIpc) is 3.49. The van der Waals surface area contributed by atoms with Crippen LogP contribution in [0, 0.1) is 10.1 Å². The average molecular weight is 622 g/mol. The van der Waals surface area contributed by atoms with Gasteiger partial charge in [-0.3, -0.25) is 19.8 Å². The van der Waals surface area contributed by atoms with Gasteiger partial charge in [0.1, 0.15) is 0 Å². The highest BCUT2D eigenvalue weighted by Gasteiger charge is 2.33. The number of H-pyrrole nitrogens is 1. The van der Waals surface area contributed by atoms with Gasteiger partial charge in [-0.1, -0.05) is 34.1 Å². The Morgan fingerprint density at radius 1 is 1.15 bits per heavy atom. The molecule has 204 valence electrons. The lowest BCUT2D eigenvalue weighted by Gasteiger charge is -2.15. The second-order valence-electron chi connectivity index (χ2n) is 8.80. The maximum Gasteiger partial charge on any atom is 0.269 e. The van der Waals surface area contributed by atoms with E-state index in [1.54, 1.807) is 30.2 Å². The van der Waals surface area contributed by atoms with Gasteiger partial charge in [-0.2, -0.15) is 0 Å². The van der Waals surface area contributed by atoms with Crippen molar-refractivity contribution in [1.29, 1.82) is 0 Å². The fraction of sp³-hybridized carbons (Fsp3) is 0.172. The number of thioether (sulfide) groups is 1. The van der Waals surface area contributed by atoms with Crippen molar-refractivity contribution in [2.75, 3.05) is 20.3 Å². The molecule has 1 aromatic heterocycles. The lowest BCUT2D eigenvalue weighted by molar-refractivity contribution is -0.384. The number of para-hydroxylation sites is 1. The highest BCUT2D eigenvalue weighted by Crippen LogP contribution is 2.39. The number of benzene rings is 3. The fourth-order valence-electron chi connectivity index (χ4n) is 4.35. The molecule has 4 aromatic rings. The Bertz CT molecular complexity index is 1650. The van der Waals surface area contributed by atoms with E-state index >= 15 is 0 Å². The molecule has 0 unspecified atom stereocenters. The number of nitrogens with zero attached hydrogens (tertiary/aromatic N) is 3. The monoisotopic (exact) mass is 620 g/mol. The number of fused-ring (bicyclic) bond motifs is 1. The zero-order valence-corrected chi connectivity index (χ0v) is 24.1. The van der Waals surface area contributed by atoms with Gasteiger partial charge in [0.15, 0.2) is 16.7 Å². The molecule has 0 saturated carbocycles. The number of nitrogens with one attached hydrogen (secondary N) is 1. The van der Waals surface area contributed by atoms with Crippen molar-refractivity contribution >= 4 is 67.1 Å². The van der Waals surface area contributed by atoms with Crippen LogP contribution in [0.2, 0.25) is 0 Å². The molecular weight excluding hydrogens is 596 g/mol. The highest BCUT2D eigenvalue weighted by atomic mass is 79.9. The van der Waals surface area contributed by atoms with E-state index in [0.717, 1.165) is 26.5 Å². The van der Waals surface area contributed by atoms with E-state index in [-0.39, 0.29) is 11.6 Å². The summed E-state index contributed by atoms with van der Waals surface area (Å²) < 4.78 is 11.9. The number of methoxy groups -OCH3 is 1. The lowest BCUT2D eigenvalue weighted by Crippen LogP contribution is -2.31. The van der Waals surface area contributed by atoms with E-state index in [4.69, 9.17) is 14.5 Å². The van der Waals surface area contributed by atoms with Crippen molar-refractivity contribution in [3.8, 4) is 11.5 Å². The largest absolute Gasteiger partial charge is 0.493 e. The van der Waals surface area contributed by atoms with Gasteiger partial charge >= 0.3 is 0 Å². The fourth-order valence-corrected chi connectivity index (χ4v) is 5.80. The smallest absolute Gasteiger partial charge is 0.269 e. The second-order valence-corrected chi connectivity index (χ2v) is 10.7. The molecule has 5 rings (SSSR count). The number of hydrogen-bond donors (Lipinski definition) is 1. The van der Waals surface area contributed by atoms with E-state index in [9.17, 15) is 14.9 Å². The maximum atomic E-state index is 13.7. The van der Waals surface area contributed by atoms with Gasteiger partial charge in [0.25, 0.3) is 11.6 Å². The summed E-state index contributed by atoms with van der Waals surface area (Å²) in [6.07, 6.45) is 4.38. The molecule has 0 atom stereocenters. The summed E-state index contributed by atoms with van der Waals surface area (Å²) in [6.45, 7) is 2.77. The molecular formula is C29H25BrN4O5S. The van der Waals surface area contributed by atoms with E-state index < -0.39 is 4.92 Å². The Balaban J connectivity index is 1.49. The molecule has 1 saturated heterocycles. The number of hydrogen-bond acceptors (Lipinski definition) is 7. The van der Waals surface area contributed by atoms with E-state index in [2.05, 4.69) is 27.0 Å². The van der Waals surface area contributed by atoms with Crippen molar-refractivity contribution in [2.24, 2.45) is 4.99 Å². The number of aliphatic imine (C=N–C) groups is 1. The molecule has 1 N–H and O–H groups in total. The molecule has 2 heterocycles. The Morgan fingerprint density at radius 3 is 2.65 bits per heavy atom. The Hall–Kier alpha value is -4.09. The summed E-state index contributed by atoms with van der Waals surface area (Å²) in [7, 11) is 1.57. The van der Waals surface area contributed by atoms with Crippen molar-refractivity contribution in [2.45, 2.75) is 13.3 Å². The SMILES string of the molecule is CCOc1cc(/C=C2\SC(=Nc3ccc([N+](=O)[O-])cc3)N(CCc3c[nH]c4ccccc34)C2=O)c(Br)cc1OC. The van der Waals surface area contributed by atoms with Crippen LogP contribution < -0.4 is 9.47 Å². The van der Waals surface area contributed by atoms with Crippen molar-refractivity contribution in [3.05, 3.63) is 97.5 Å². The Labute approximate surface area is 243 Å². The number of carbonyl (C=O) groups is 1. The van der Waals surface area contributed by atoms with E-state index in [1.807, 2.05) is 43.5 Å². The lowest BCUT2D eigenvalue weighted by atomic mass is 10.1. The number of nitro benzene ring substituents is 1. The standard InChI is InChI=1S/C29H25BrN4O5S/c1-3-39-26-14-19(23(30)16-25(26)38-2)15-27-28(35)33(13-12-18-17-31-24-7-5-4-6-22(18)24)29(40-27)32-20-8-10-21(11-9-20)34(36)37/h4-11,14-17,31H,3,12-13H2,1-2H3/b27-15-,32-29?. The number of amides is 1. The predicted molar refractivity (Wildman–Crippen MR) is 161 cm³/mol. The number of ether oxygens (including phenoxy) is 2. The number of aromatic amines is 1. The van der Waals surface area contributed by atoms with Crippen LogP contribution in [0.25, 0.3) is 17.0 Å². The summed E-state index contributed by atoms with van der Waals surface area (Å²) in [5, 5.41) is 12.7. The number of rotatable bonds is 9. The van der Waals surface area contributed by atoms with Crippen LogP contribution in [-0.2, 0) is 11.2 Å². The molecule has 3 aromatic carbocycles. The normalized spacial score (nSPS) is 15.4. The number of amidine groups is 1. The second kappa shape index (κ2) is 12.0. The molecule has 9 nitrogen and oxygen atoms in total. The number of halogens is 1. The first-order valence-electron chi connectivity index (χ1n) is 12.5. The predicted octanol–water partition coefficient (Wildman–Crippen LogP) is 7.09. The minimum absolute atomic E-state index is 0.0228. The molecule has 1 aliphatic rings. The highest BCUT2D eigenvalue weighted by molar-refractivity contribution is 9.10. The zero-order chi connectivity index (χ0) is 28.2. The third kappa shape index (κ3) is 5.75. The van der Waals surface area contributed by atoms with Gasteiger partial charge in [0.05, 0.1) is 29.2 Å². The van der Waals surface area contributed by atoms with Gasteiger partial charge in [-0.05, 0) is 72.6 Å². The molecule has 1 aliphatic heterocycles. The van der Waals surface area contributed by atoms with Crippen LogP contribution in [0.1, 0.15) is 18.1 Å². The van der Waals surface area contributed by atoms with Gasteiger partial charge in [-0.15, -0.1) is 0 Å². The quantitative estimate of drug-likeness (QED) is 0.121. The van der Waals surface area contributed by atoms with Crippen LogP contribution in [0.3, 0.4) is 0 Å². The van der Waals surface area contributed by atoms with Gasteiger partial charge < -0.3 is 14.5 Å². The number of nitro groups is 1. The third-order valence-corrected chi connectivity index (χ3v) is 8.02. The Morgan fingerprint density at radius 2 is 1.93 bits per heavy atom. The van der Waals surface area contributed by atoms with E-state index in [0.29, 0.717) is 46.8 Å². The van der Waals surface area contributed by atoms with Gasteiger partial charge in [0, 0.05) is 40.2 Å². The van der Waals surface area contributed by atoms with Gasteiger partial charge in [-0.25, -0.2) is 4.99 Å². The molecule has 40 heavy (non-hydrogen) atoms. The Kier molecular flexibility index (Phi) is 8.22. The molecule has 0 aliphatic carbocycles.